The molecule has 1 aliphatic heterocycles. The smallest absolute Gasteiger partial charge is 0.0405 e. The summed E-state index contributed by atoms with van der Waals surface area (Å²) < 4.78 is 0. The minimum Gasteiger partial charge on any atom is -0.366 e. The first-order valence-electron chi connectivity index (χ1n) is 8.48. The van der Waals surface area contributed by atoms with Crippen molar-refractivity contribution >= 4 is 5.69 Å². The molecule has 1 nitrogen and oxygen atoms in total. The van der Waals surface area contributed by atoms with E-state index in [0.717, 1.165) is 13.0 Å². The number of rotatable bonds is 4. The van der Waals surface area contributed by atoms with E-state index in [2.05, 4.69) is 80.3 Å². The van der Waals surface area contributed by atoms with Crippen molar-refractivity contribution in [2.45, 2.75) is 51.5 Å². The highest BCUT2D eigenvalue weighted by Gasteiger charge is 2.35. The summed E-state index contributed by atoms with van der Waals surface area (Å²) in [6, 6.07) is 19.8. The Labute approximate surface area is 135 Å². The van der Waals surface area contributed by atoms with Crippen molar-refractivity contribution in [2.75, 3.05) is 11.4 Å². The lowest BCUT2D eigenvalue weighted by molar-refractivity contribution is 0.374. The lowest BCUT2D eigenvalue weighted by Crippen LogP contribution is -2.48. The van der Waals surface area contributed by atoms with E-state index in [-0.39, 0.29) is 5.54 Å². The van der Waals surface area contributed by atoms with E-state index in [1.165, 1.54) is 29.7 Å². The Morgan fingerprint density at radius 2 is 1.68 bits per heavy atom. The maximum atomic E-state index is 2.63. The third-order valence-corrected chi connectivity index (χ3v) is 4.98. The van der Waals surface area contributed by atoms with Gasteiger partial charge in [-0.15, -0.1) is 0 Å². The van der Waals surface area contributed by atoms with Gasteiger partial charge in [-0.2, -0.15) is 0 Å². The van der Waals surface area contributed by atoms with Gasteiger partial charge in [-0.1, -0.05) is 55.5 Å². The van der Waals surface area contributed by atoms with Gasteiger partial charge in [0.2, 0.25) is 0 Å². The van der Waals surface area contributed by atoms with Crippen LogP contribution in [0.4, 0.5) is 5.69 Å². The second-order valence-corrected chi connectivity index (χ2v) is 7.22. The molecular weight excluding hydrogens is 266 g/mol. The summed E-state index contributed by atoms with van der Waals surface area (Å²) in [6.07, 6.45) is 3.59. The first kappa shape index (κ1) is 15.1. The third-order valence-electron chi connectivity index (χ3n) is 4.98. The number of para-hydroxylation sites is 1. The number of benzene rings is 2. The van der Waals surface area contributed by atoms with Crippen LogP contribution in [0.5, 0.6) is 0 Å². The highest BCUT2D eigenvalue weighted by Crippen LogP contribution is 2.43. The molecule has 22 heavy (non-hydrogen) atoms. The molecule has 1 aliphatic rings. The Morgan fingerprint density at radius 3 is 2.45 bits per heavy atom. The van der Waals surface area contributed by atoms with Crippen LogP contribution in [-0.4, -0.2) is 12.1 Å². The fraction of sp³-hybridized carbons (Fsp3) is 0.429. The van der Waals surface area contributed by atoms with E-state index in [1.807, 2.05) is 0 Å². The van der Waals surface area contributed by atoms with Gasteiger partial charge < -0.3 is 4.90 Å². The SMILES string of the molecule is CC1CC(C)(C)N(CCCc2ccccc2)c2ccccc21. The predicted molar refractivity (Wildman–Crippen MR) is 95.7 cm³/mol. The molecular formula is C21H27N. The van der Waals surface area contributed by atoms with E-state index < -0.39 is 0 Å². The number of nitrogens with zero attached hydrogens (tertiary/aromatic N) is 1. The first-order valence-corrected chi connectivity index (χ1v) is 8.48. The molecule has 0 saturated carbocycles. The normalized spacial score (nSPS) is 19.8. The van der Waals surface area contributed by atoms with E-state index >= 15 is 0 Å². The van der Waals surface area contributed by atoms with Gasteiger partial charge in [0.25, 0.3) is 0 Å². The predicted octanol–water partition coefficient (Wildman–Crippen LogP) is 5.41. The Hall–Kier alpha value is -1.76. The fourth-order valence-corrected chi connectivity index (χ4v) is 3.95. The Morgan fingerprint density at radius 1 is 1.00 bits per heavy atom. The van der Waals surface area contributed by atoms with E-state index in [9.17, 15) is 0 Å². The number of hydrogen-bond acceptors (Lipinski definition) is 1. The molecule has 0 N–H and O–H groups in total. The van der Waals surface area contributed by atoms with Crippen LogP contribution in [0, 0.1) is 0 Å². The third kappa shape index (κ3) is 3.04. The van der Waals surface area contributed by atoms with Crippen molar-refractivity contribution in [3.63, 3.8) is 0 Å². The summed E-state index contributed by atoms with van der Waals surface area (Å²) in [7, 11) is 0. The van der Waals surface area contributed by atoms with Gasteiger partial charge in [-0.25, -0.2) is 0 Å². The van der Waals surface area contributed by atoms with E-state index in [1.54, 1.807) is 0 Å². The monoisotopic (exact) mass is 293 g/mol. The van der Waals surface area contributed by atoms with Gasteiger partial charge in [0.1, 0.15) is 0 Å². The van der Waals surface area contributed by atoms with Crippen molar-refractivity contribution in [3.05, 3.63) is 65.7 Å². The van der Waals surface area contributed by atoms with Crippen molar-refractivity contribution in [3.8, 4) is 0 Å². The fourth-order valence-electron chi connectivity index (χ4n) is 3.95. The molecule has 0 amide bonds. The summed E-state index contributed by atoms with van der Waals surface area (Å²) in [5.41, 5.74) is 4.64. The molecule has 0 spiro atoms. The molecule has 0 aliphatic carbocycles. The number of anilines is 1. The lowest BCUT2D eigenvalue weighted by atomic mass is 9.80. The zero-order chi connectivity index (χ0) is 15.6. The van der Waals surface area contributed by atoms with Crippen LogP contribution < -0.4 is 4.90 Å². The zero-order valence-electron chi connectivity index (χ0n) is 14.0. The number of fused-ring (bicyclic) bond motifs is 1. The summed E-state index contributed by atoms with van der Waals surface area (Å²) in [5.74, 6) is 0.650. The van der Waals surface area contributed by atoms with Crippen LogP contribution in [0.1, 0.15) is 50.7 Å². The largest absolute Gasteiger partial charge is 0.366 e. The highest BCUT2D eigenvalue weighted by molar-refractivity contribution is 5.59. The van der Waals surface area contributed by atoms with Gasteiger partial charge in [0, 0.05) is 17.8 Å². The topological polar surface area (TPSA) is 3.24 Å². The summed E-state index contributed by atoms with van der Waals surface area (Å²) in [6.45, 7) is 8.28. The minimum absolute atomic E-state index is 0.241. The summed E-state index contributed by atoms with van der Waals surface area (Å²) in [5, 5.41) is 0. The summed E-state index contributed by atoms with van der Waals surface area (Å²) >= 11 is 0. The van der Waals surface area contributed by atoms with Crippen LogP contribution in [0.25, 0.3) is 0 Å². The van der Waals surface area contributed by atoms with E-state index in [4.69, 9.17) is 0 Å². The number of aryl methyl sites for hydroxylation is 1. The molecule has 2 aromatic rings. The van der Waals surface area contributed by atoms with Crippen LogP contribution in [-0.2, 0) is 6.42 Å². The highest BCUT2D eigenvalue weighted by atomic mass is 15.2. The van der Waals surface area contributed by atoms with Gasteiger partial charge >= 0.3 is 0 Å². The van der Waals surface area contributed by atoms with Crippen molar-refractivity contribution < 1.29 is 0 Å². The van der Waals surface area contributed by atoms with Crippen molar-refractivity contribution in [1.82, 2.24) is 0 Å². The number of hydrogen-bond donors (Lipinski definition) is 0. The molecule has 0 fully saturated rings. The van der Waals surface area contributed by atoms with Crippen molar-refractivity contribution in [2.24, 2.45) is 0 Å². The quantitative estimate of drug-likeness (QED) is 0.728. The Balaban J connectivity index is 1.75. The van der Waals surface area contributed by atoms with Gasteiger partial charge in [0.05, 0.1) is 0 Å². The van der Waals surface area contributed by atoms with E-state index in [0.29, 0.717) is 5.92 Å². The molecule has 1 atom stereocenters. The lowest BCUT2D eigenvalue weighted by Gasteiger charge is -2.47. The van der Waals surface area contributed by atoms with Crippen LogP contribution >= 0.6 is 0 Å². The average molecular weight is 293 g/mol. The Kier molecular flexibility index (Phi) is 4.24. The molecule has 1 heteroatoms. The molecule has 3 rings (SSSR count). The molecule has 116 valence electrons. The molecule has 0 bridgehead atoms. The maximum Gasteiger partial charge on any atom is 0.0405 e. The minimum atomic E-state index is 0.241. The molecule has 0 aromatic heterocycles. The van der Waals surface area contributed by atoms with Crippen LogP contribution in [0.15, 0.2) is 54.6 Å². The van der Waals surface area contributed by atoms with Crippen molar-refractivity contribution in [1.29, 1.82) is 0 Å². The molecule has 2 aromatic carbocycles. The van der Waals surface area contributed by atoms with Crippen LogP contribution in [0.3, 0.4) is 0 Å². The average Bonchev–Trinajstić information content (AvgIpc) is 2.51. The second-order valence-electron chi connectivity index (χ2n) is 7.22. The Bertz CT molecular complexity index is 615. The standard InChI is InChI=1S/C21H27N/c1-17-16-21(2,3)22(20-14-8-7-13-19(17)20)15-9-12-18-10-5-4-6-11-18/h4-8,10-11,13-14,17H,9,12,15-16H2,1-3H3. The molecule has 1 unspecified atom stereocenters. The van der Waals surface area contributed by atoms with Crippen LogP contribution in [0.2, 0.25) is 0 Å². The maximum absolute atomic E-state index is 2.63. The molecule has 0 saturated heterocycles. The van der Waals surface area contributed by atoms with Gasteiger partial charge in [-0.05, 0) is 56.2 Å². The zero-order valence-corrected chi connectivity index (χ0v) is 14.0. The van der Waals surface area contributed by atoms with Gasteiger partial charge in [-0.3, -0.25) is 0 Å². The molecule has 0 radical (unpaired) electrons. The van der Waals surface area contributed by atoms with Gasteiger partial charge in [0.15, 0.2) is 0 Å². The second kappa shape index (κ2) is 6.16. The summed E-state index contributed by atoms with van der Waals surface area (Å²) in [4.78, 5) is 2.63. The first-order chi connectivity index (χ1) is 10.6. The molecule has 1 heterocycles.